The Hall–Kier alpha value is -2.95. The number of hydrogen-bond acceptors (Lipinski definition) is 4. The molecule has 0 spiro atoms. The maximum atomic E-state index is 12.1. The highest BCUT2D eigenvalue weighted by Gasteiger charge is 2.30. The van der Waals surface area contributed by atoms with Gasteiger partial charge in [-0.05, 0) is 48.1 Å². The van der Waals surface area contributed by atoms with Gasteiger partial charge in [-0.1, -0.05) is 45.0 Å². The number of aromatic nitrogens is 2. The minimum Gasteiger partial charge on any atom is -0.416 e. The summed E-state index contributed by atoms with van der Waals surface area (Å²) in [5.41, 5.74) is 3.65. The van der Waals surface area contributed by atoms with Gasteiger partial charge in [0, 0.05) is 11.5 Å². The normalized spacial score (nSPS) is 14.2. The second-order valence-electron chi connectivity index (χ2n) is 8.05. The van der Waals surface area contributed by atoms with Crippen LogP contribution in [0.2, 0.25) is 0 Å². The molecule has 1 N–H and O–H groups in total. The fourth-order valence-electron chi connectivity index (χ4n) is 2.92. The highest BCUT2D eigenvalue weighted by Crippen LogP contribution is 2.34. The standard InChI is InChI=1S/C22H23N3O2/c1-22(2,3)16-12-10-15(11-13-16)20-24-25-21(27-20)17-6-4-5-7-18(17)23-19(26)14-8-9-14/h4-7,10-14H,8-9H2,1-3H3,(H,23,26). The number of nitrogens with zero attached hydrogens (tertiary/aromatic N) is 2. The van der Waals surface area contributed by atoms with Crippen LogP contribution in [-0.4, -0.2) is 16.1 Å². The van der Waals surface area contributed by atoms with Crippen LogP contribution in [-0.2, 0) is 10.2 Å². The van der Waals surface area contributed by atoms with E-state index in [4.69, 9.17) is 4.42 Å². The van der Waals surface area contributed by atoms with E-state index in [2.05, 4.69) is 48.4 Å². The van der Waals surface area contributed by atoms with Gasteiger partial charge in [0.1, 0.15) is 0 Å². The summed E-state index contributed by atoms with van der Waals surface area (Å²) in [4.78, 5) is 12.1. The lowest BCUT2D eigenvalue weighted by Gasteiger charge is -2.18. The quantitative estimate of drug-likeness (QED) is 0.706. The van der Waals surface area contributed by atoms with Crippen LogP contribution in [0.5, 0.6) is 0 Å². The van der Waals surface area contributed by atoms with E-state index in [-0.39, 0.29) is 17.2 Å². The predicted molar refractivity (Wildman–Crippen MR) is 105 cm³/mol. The van der Waals surface area contributed by atoms with Gasteiger partial charge in [-0.2, -0.15) is 0 Å². The van der Waals surface area contributed by atoms with Crippen LogP contribution in [0.3, 0.4) is 0 Å². The summed E-state index contributed by atoms with van der Waals surface area (Å²) >= 11 is 0. The van der Waals surface area contributed by atoms with Crippen LogP contribution in [0.15, 0.2) is 52.9 Å². The summed E-state index contributed by atoms with van der Waals surface area (Å²) in [6.45, 7) is 6.54. The van der Waals surface area contributed by atoms with Crippen molar-refractivity contribution in [3.8, 4) is 22.9 Å². The molecule has 138 valence electrons. The Balaban J connectivity index is 1.60. The lowest BCUT2D eigenvalue weighted by Crippen LogP contribution is -2.13. The summed E-state index contributed by atoms with van der Waals surface area (Å²) in [6, 6.07) is 15.7. The number of nitrogens with one attached hydrogen (secondary N) is 1. The van der Waals surface area contributed by atoms with E-state index in [0.717, 1.165) is 24.0 Å². The zero-order chi connectivity index (χ0) is 19.0. The molecular formula is C22H23N3O2. The molecule has 5 heteroatoms. The molecule has 1 heterocycles. The minimum absolute atomic E-state index is 0.0555. The second kappa shape index (κ2) is 6.65. The molecule has 0 unspecified atom stereocenters. The number of amides is 1. The van der Waals surface area contributed by atoms with Crippen molar-refractivity contribution in [2.75, 3.05) is 5.32 Å². The molecule has 0 atom stereocenters. The van der Waals surface area contributed by atoms with Crippen molar-refractivity contribution in [3.05, 3.63) is 54.1 Å². The van der Waals surface area contributed by atoms with E-state index in [1.165, 1.54) is 5.56 Å². The molecule has 0 radical (unpaired) electrons. The molecule has 2 aromatic carbocycles. The molecule has 1 saturated carbocycles. The van der Waals surface area contributed by atoms with Crippen LogP contribution >= 0.6 is 0 Å². The Morgan fingerprint density at radius 3 is 2.33 bits per heavy atom. The zero-order valence-corrected chi connectivity index (χ0v) is 15.8. The second-order valence-corrected chi connectivity index (χ2v) is 8.05. The van der Waals surface area contributed by atoms with Gasteiger partial charge >= 0.3 is 0 Å². The SMILES string of the molecule is CC(C)(C)c1ccc(-c2nnc(-c3ccccc3NC(=O)C3CC3)o2)cc1. The molecule has 4 rings (SSSR count). The van der Waals surface area contributed by atoms with Gasteiger partial charge < -0.3 is 9.73 Å². The fourth-order valence-corrected chi connectivity index (χ4v) is 2.92. The van der Waals surface area contributed by atoms with Crippen LogP contribution in [0.1, 0.15) is 39.2 Å². The number of para-hydroxylation sites is 1. The highest BCUT2D eigenvalue weighted by molar-refractivity contribution is 5.97. The maximum absolute atomic E-state index is 12.1. The number of anilines is 1. The number of carbonyl (C=O) groups excluding carboxylic acids is 1. The number of hydrogen-bond donors (Lipinski definition) is 1. The topological polar surface area (TPSA) is 68.0 Å². The van der Waals surface area contributed by atoms with Crippen molar-refractivity contribution in [3.63, 3.8) is 0 Å². The molecule has 1 fully saturated rings. The lowest BCUT2D eigenvalue weighted by atomic mass is 9.87. The van der Waals surface area contributed by atoms with E-state index >= 15 is 0 Å². The molecule has 0 aliphatic heterocycles. The van der Waals surface area contributed by atoms with E-state index in [9.17, 15) is 4.79 Å². The minimum atomic E-state index is 0.0555. The van der Waals surface area contributed by atoms with Crippen molar-refractivity contribution >= 4 is 11.6 Å². The van der Waals surface area contributed by atoms with Crippen molar-refractivity contribution in [2.45, 2.75) is 39.0 Å². The van der Waals surface area contributed by atoms with Gasteiger partial charge in [0.2, 0.25) is 17.7 Å². The van der Waals surface area contributed by atoms with Crippen molar-refractivity contribution in [1.29, 1.82) is 0 Å². The van der Waals surface area contributed by atoms with Crippen molar-refractivity contribution < 1.29 is 9.21 Å². The first-order valence-electron chi connectivity index (χ1n) is 9.26. The van der Waals surface area contributed by atoms with Gasteiger partial charge in [0.25, 0.3) is 0 Å². The predicted octanol–water partition coefficient (Wildman–Crippen LogP) is 5.05. The monoisotopic (exact) mass is 361 g/mol. The van der Waals surface area contributed by atoms with E-state index in [1.807, 2.05) is 36.4 Å². The Kier molecular flexibility index (Phi) is 4.30. The summed E-state index contributed by atoms with van der Waals surface area (Å²) in [5, 5.41) is 11.4. The molecule has 1 aliphatic carbocycles. The molecule has 3 aromatic rings. The van der Waals surface area contributed by atoms with Gasteiger partial charge in [0.05, 0.1) is 11.3 Å². The van der Waals surface area contributed by atoms with Crippen LogP contribution in [0, 0.1) is 5.92 Å². The van der Waals surface area contributed by atoms with Crippen molar-refractivity contribution in [2.24, 2.45) is 5.92 Å². The van der Waals surface area contributed by atoms with E-state index < -0.39 is 0 Å². The number of benzene rings is 2. The van der Waals surface area contributed by atoms with E-state index in [0.29, 0.717) is 17.5 Å². The third-order valence-corrected chi connectivity index (χ3v) is 4.79. The highest BCUT2D eigenvalue weighted by atomic mass is 16.4. The smallest absolute Gasteiger partial charge is 0.250 e. The first kappa shape index (κ1) is 17.5. The summed E-state index contributed by atoms with van der Waals surface area (Å²) in [6.07, 6.45) is 1.92. The summed E-state index contributed by atoms with van der Waals surface area (Å²) in [5.74, 6) is 1.06. The molecule has 5 nitrogen and oxygen atoms in total. The Labute approximate surface area is 158 Å². The Bertz CT molecular complexity index is 964. The summed E-state index contributed by atoms with van der Waals surface area (Å²) < 4.78 is 5.91. The third kappa shape index (κ3) is 3.77. The maximum Gasteiger partial charge on any atom is 0.250 e. The largest absolute Gasteiger partial charge is 0.416 e. The van der Waals surface area contributed by atoms with Crippen LogP contribution < -0.4 is 5.32 Å². The molecule has 0 bridgehead atoms. The third-order valence-electron chi connectivity index (χ3n) is 4.79. The molecule has 27 heavy (non-hydrogen) atoms. The Morgan fingerprint density at radius 1 is 1.00 bits per heavy atom. The van der Waals surface area contributed by atoms with Crippen molar-refractivity contribution in [1.82, 2.24) is 10.2 Å². The van der Waals surface area contributed by atoms with Gasteiger partial charge in [0.15, 0.2) is 0 Å². The number of rotatable bonds is 4. The van der Waals surface area contributed by atoms with Gasteiger partial charge in [-0.15, -0.1) is 10.2 Å². The zero-order valence-electron chi connectivity index (χ0n) is 15.8. The number of carbonyl (C=O) groups is 1. The first-order chi connectivity index (χ1) is 12.9. The van der Waals surface area contributed by atoms with Gasteiger partial charge in [-0.3, -0.25) is 4.79 Å². The molecule has 0 saturated heterocycles. The van der Waals surface area contributed by atoms with Crippen LogP contribution in [0.4, 0.5) is 5.69 Å². The average molecular weight is 361 g/mol. The van der Waals surface area contributed by atoms with Crippen LogP contribution in [0.25, 0.3) is 22.9 Å². The van der Waals surface area contributed by atoms with Gasteiger partial charge in [-0.25, -0.2) is 0 Å². The lowest BCUT2D eigenvalue weighted by molar-refractivity contribution is -0.117. The van der Waals surface area contributed by atoms with E-state index in [1.54, 1.807) is 0 Å². The Morgan fingerprint density at radius 2 is 1.67 bits per heavy atom. The molecular weight excluding hydrogens is 338 g/mol. The average Bonchev–Trinajstić information content (AvgIpc) is 3.39. The summed E-state index contributed by atoms with van der Waals surface area (Å²) in [7, 11) is 0. The molecule has 1 aromatic heterocycles. The first-order valence-corrected chi connectivity index (χ1v) is 9.26. The fraction of sp³-hybridized carbons (Fsp3) is 0.318. The molecule has 1 amide bonds. The molecule has 1 aliphatic rings.